The Kier molecular flexibility index (Phi) is 4.29. The molecule has 0 radical (unpaired) electrons. The molecule has 2 aromatic heterocycles. The molecule has 0 spiro atoms. The molecular formula is C17H14N4O2S2. The van der Waals surface area contributed by atoms with Crippen LogP contribution in [0.15, 0.2) is 51.8 Å². The summed E-state index contributed by atoms with van der Waals surface area (Å²) in [4.78, 5) is 5.75. The van der Waals surface area contributed by atoms with Crippen LogP contribution in [0.2, 0.25) is 0 Å². The van der Waals surface area contributed by atoms with Crippen LogP contribution in [-0.4, -0.2) is 28.5 Å². The van der Waals surface area contributed by atoms with Gasteiger partial charge >= 0.3 is 6.01 Å². The average molecular weight is 370 g/mol. The van der Waals surface area contributed by atoms with Gasteiger partial charge in [-0.3, -0.25) is 5.32 Å². The largest absolute Gasteiger partial charge is 0.496 e. The highest BCUT2D eigenvalue weighted by atomic mass is 32.2. The molecule has 0 aliphatic carbocycles. The summed E-state index contributed by atoms with van der Waals surface area (Å²) in [6, 6.07) is 14.0. The molecule has 2 heterocycles. The number of nitrogens with zero attached hydrogens (tertiary/aromatic N) is 3. The summed E-state index contributed by atoms with van der Waals surface area (Å²) < 4.78 is 12.1. The molecule has 126 valence electrons. The minimum atomic E-state index is 0.296. The summed E-state index contributed by atoms with van der Waals surface area (Å²) in [6.07, 6.45) is 2.05. The number of para-hydroxylation sites is 1. The number of hydrogen-bond donors (Lipinski definition) is 1. The molecular weight excluding hydrogens is 356 g/mol. The van der Waals surface area contributed by atoms with E-state index in [1.165, 1.54) is 4.90 Å². The van der Waals surface area contributed by atoms with Gasteiger partial charge in [0.25, 0.3) is 5.89 Å². The number of anilines is 2. The Hall–Kier alpha value is -2.58. The van der Waals surface area contributed by atoms with E-state index in [1.54, 1.807) is 30.2 Å². The van der Waals surface area contributed by atoms with Gasteiger partial charge in [0.1, 0.15) is 5.75 Å². The molecule has 0 aliphatic rings. The van der Waals surface area contributed by atoms with Crippen LogP contribution < -0.4 is 10.1 Å². The highest BCUT2D eigenvalue weighted by Crippen LogP contribution is 2.33. The molecule has 2 aromatic carbocycles. The summed E-state index contributed by atoms with van der Waals surface area (Å²) >= 11 is 3.25. The Balaban J connectivity index is 1.61. The molecule has 0 saturated heterocycles. The average Bonchev–Trinajstić information content (AvgIpc) is 3.27. The van der Waals surface area contributed by atoms with E-state index in [9.17, 15) is 0 Å². The van der Waals surface area contributed by atoms with Gasteiger partial charge in [0.15, 0.2) is 5.13 Å². The molecule has 0 amide bonds. The number of benzene rings is 2. The summed E-state index contributed by atoms with van der Waals surface area (Å²) in [5.74, 6) is 1.08. The lowest BCUT2D eigenvalue weighted by Gasteiger charge is -2.03. The normalized spacial score (nSPS) is 11.0. The van der Waals surface area contributed by atoms with Gasteiger partial charge in [-0.2, -0.15) is 0 Å². The minimum absolute atomic E-state index is 0.296. The van der Waals surface area contributed by atoms with Crippen LogP contribution in [0, 0.1) is 0 Å². The molecule has 0 aliphatic heterocycles. The highest BCUT2D eigenvalue weighted by Gasteiger charge is 2.14. The van der Waals surface area contributed by atoms with Crippen molar-refractivity contribution in [3.8, 4) is 17.2 Å². The van der Waals surface area contributed by atoms with E-state index in [2.05, 4.69) is 38.9 Å². The summed E-state index contributed by atoms with van der Waals surface area (Å²) in [5.41, 5.74) is 1.69. The summed E-state index contributed by atoms with van der Waals surface area (Å²) in [6.45, 7) is 0. The number of thiazole rings is 1. The predicted octanol–water partition coefficient (Wildman–Crippen LogP) is 4.82. The Morgan fingerprint density at radius 1 is 1.16 bits per heavy atom. The fourth-order valence-corrected chi connectivity index (χ4v) is 3.79. The fourth-order valence-electron chi connectivity index (χ4n) is 2.38. The van der Waals surface area contributed by atoms with Crippen LogP contribution in [0.3, 0.4) is 0 Å². The first kappa shape index (κ1) is 15.9. The number of rotatable bonds is 5. The van der Waals surface area contributed by atoms with Crippen molar-refractivity contribution in [2.75, 3.05) is 18.7 Å². The first-order chi connectivity index (χ1) is 12.3. The third-order valence-corrected chi connectivity index (χ3v) is 5.23. The Bertz CT molecular complexity index is 1030. The zero-order chi connectivity index (χ0) is 17.2. The van der Waals surface area contributed by atoms with Crippen LogP contribution in [0.25, 0.3) is 21.7 Å². The van der Waals surface area contributed by atoms with E-state index in [1.807, 2.05) is 30.3 Å². The molecule has 1 N–H and O–H groups in total. The van der Waals surface area contributed by atoms with Gasteiger partial charge in [-0.25, -0.2) is 4.98 Å². The van der Waals surface area contributed by atoms with Crippen LogP contribution in [-0.2, 0) is 0 Å². The third kappa shape index (κ3) is 3.18. The van der Waals surface area contributed by atoms with Crippen molar-refractivity contribution in [3.05, 3.63) is 42.5 Å². The quantitative estimate of drug-likeness (QED) is 0.505. The number of ether oxygens (including phenoxy) is 1. The van der Waals surface area contributed by atoms with Crippen LogP contribution in [0.5, 0.6) is 5.75 Å². The van der Waals surface area contributed by atoms with E-state index < -0.39 is 0 Å². The molecule has 6 nitrogen and oxygen atoms in total. The number of methoxy groups -OCH3 is 1. The zero-order valence-corrected chi connectivity index (χ0v) is 15.1. The lowest BCUT2D eigenvalue weighted by atomic mass is 10.2. The molecule has 0 unspecified atom stereocenters. The van der Waals surface area contributed by atoms with Crippen LogP contribution >= 0.6 is 23.1 Å². The van der Waals surface area contributed by atoms with Crippen LogP contribution in [0.4, 0.5) is 11.1 Å². The van der Waals surface area contributed by atoms with Crippen molar-refractivity contribution in [2.24, 2.45) is 0 Å². The third-order valence-electron chi connectivity index (χ3n) is 3.57. The van der Waals surface area contributed by atoms with Crippen molar-refractivity contribution in [2.45, 2.75) is 4.90 Å². The molecule has 0 bridgehead atoms. The van der Waals surface area contributed by atoms with Gasteiger partial charge in [-0.15, -0.1) is 16.9 Å². The van der Waals surface area contributed by atoms with Gasteiger partial charge in [0, 0.05) is 4.90 Å². The monoisotopic (exact) mass is 370 g/mol. The summed E-state index contributed by atoms with van der Waals surface area (Å²) in [7, 11) is 1.61. The number of thioether (sulfide) groups is 1. The number of aromatic nitrogens is 3. The second-order valence-corrected chi connectivity index (χ2v) is 7.00. The van der Waals surface area contributed by atoms with E-state index in [0.29, 0.717) is 22.8 Å². The van der Waals surface area contributed by atoms with E-state index in [4.69, 9.17) is 9.15 Å². The number of fused-ring (bicyclic) bond motifs is 1. The zero-order valence-electron chi connectivity index (χ0n) is 13.5. The van der Waals surface area contributed by atoms with Crippen LogP contribution in [0.1, 0.15) is 0 Å². The molecule has 4 aromatic rings. The lowest BCUT2D eigenvalue weighted by Crippen LogP contribution is -1.88. The first-order valence-corrected chi connectivity index (χ1v) is 9.49. The lowest BCUT2D eigenvalue weighted by molar-refractivity contribution is 0.414. The fraction of sp³-hybridized carbons (Fsp3) is 0.118. The topological polar surface area (TPSA) is 73.1 Å². The van der Waals surface area contributed by atoms with E-state index in [-0.39, 0.29) is 0 Å². The Morgan fingerprint density at radius 2 is 2.04 bits per heavy atom. The number of nitrogens with one attached hydrogen (secondary N) is 1. The van der Waals surface area contributed by atoms with Crippen molar-refractivity contribution in [3.63, 3.8) is 0 Å². The predicted molar refractivity (Wildman–Crippen MR) is 101 cm³/mol. The molecule has 25 heavy (non-hydrogen) atoms. The van der Waals surface area contributed by atoms with E-state index in [0.717, 1.165) is 15.8 Å². The van der Waals surface area contributed by atoms with Gasteiger partial charge in [-0.05, 0) is 36.6 Å². The minimum Gasteiger partial charge on any atom is -0.496 e. The molecule has 4 rings (SSSR count). The maximum atomic E-state index is 5.71. The smallest absolute Gasteiger partial charge is 0.322 e. The standard InChI is InChI=1S/C17H14N4O2S2/c1-22-13-6-4-3-5-11(13)15-20-21-16(23-15)19-17-18-12-8-7-10(24-2)9-14(12)25-17/h3-9H,1-2H3,(H,18,19,21). The van der Waals surface area contributed by atoms with Gasteiger partial charge < -0.3 is 9.15 Å². The second kappa shape index (κ2) is 6.73. The van der Waals surface area contributed by atoms with Gasteiger partial charge in [-0.1, -0.05) is 28.6 Å². The van der Waals surface area contributed by atoms with Crippen molar-refractivity contribution in [1.29, 1.82) is 0 Å². The first-order valence-electron chi connectivity index (χ1n) is 7.45. The highest BCUT2D eigenvalue weighted by molar-refractivity contribution is 7.98. The Morgan fingerprint density at radius 3 is 2.88 bits per heavy atom. The summed E-state index contributed by atoms with van der Waals surface area (Å²) in [5, 5.41) is 11.9. The maximum absolute atomic E-state index is 5.71. The molecule has 0 fully saturated rings. The Labute approximate surface area is 152 Å². The van der Waals surface area contributed by atoms with Crippen molar-refractivity contribution in [1.82, 2.24) is 15.2 Å². The second-order valence-electron chi connectivity index (χ2n) is 5.09. The van der Waals surface area contributed by atoms with E-state index >= 15 is 0 Å². The van der Waals surface area contributed by atoms with Crippen molar-refractivity contribution < 1.29 is 9.15 Å². The van der Waals surface area contributed by atoms with Gasteiger partial charge in [0.2, 0.25) is 0 Å². The van der Waals surface area contributed by atoms with Gasteiger partial charge in [0.05, 0.1) is 22.9 Å². The molecule has 8 heteroatoms. The SMILES string of the molecule is COc1ccccc1-c1nnc(Nc2nc3ccc(SC)cc3s2)o1. The molecule has 0 saturated carbocycles. The number of hydrogen-bond acceptors (Lipinski definition) is 8. The maximum Gasteiger partial charge on any atom is 0.322 e. The van der Waals surface area contributed by atoms with Crippen molar-refractivity contribution >= 4 is 44.5 Å². The molecule has 0 atom stereocenters.